The number of rotatable bonds is 12. The van der Waals surface area contributed by atoms with Crippen molar-refractivity contribution < 1.29 is 24.5 Å². The number of unbranched alkanes of at least 4 members (excludes halogenated alkanes) is 3. The molecule has 0 saturated heterocycles. The molecule has 5 heteroatoms. The fourth-order valence-electron chi connectivity index (χ4n) is 3.36. The zero-order valence-electron chi connectivity index (χ0n) is 15.2. The molecule has 3 N–H and O–H groups in total. The number of hydrogen-bond donors (Lipinski definition) is 3. The lowest BCUT2D eigenvalue weighted by Crippen LogP contribution is -2.19. The van der Waals surface area contributed by atoms with Crippen molar-refractivity contribution in [2.45, 2.75) is 83.1 Å². The minimum Gasteiger partial charge on any atom is -0.481 e. The molecule has 0 aromatic rings. The van der Waals surface area contributed by atoms with Crippen LogP contribution in [0.1, 0.15) is 64.7 Å². The number of hydrogen-bond acceptors (Lipinski definition) is 3. The van der Waals surface area contributed by atoms with Crippen molar-refractivity contribution in [3.63, 3.8) is 0 Å². The van der Waals surface area contributed by atoms with Crippen LogP contribution in [0.15, 0.2) is 24.3 Å². The number of carboxylic acid groups (broad SMARTS) is 1. The van der Waals surface area contributed by atoms with Crippen LogP contribution in [0.3, 0.4) is 0 Å². The third-order valence-electron chi connectivity index (χ3n) is 4.87. The van der Waals surface area contributed by atoms with Gasteiger partial charge >= 0.3 is 5.97 Å². The summed E-state index contributed by atoms with van der Waals surface area (Å²) in [5.41, 5.74) is 0. The number of aliphatic hydroxyl groups is 2. The van der Waals surface area contributed by atoms with Crippen LogP contribution >= 0.6 is 0 Å². The van der Waals surface area contributed by atoms with Crippen LogP contribution in [0.5, 0.6) is 0 Å². The van der Waals surface area contributed by atoms with E-state index in [1.54, 1.807) is 12.2 Å². The number of halogens is 1. The average molecular weight is 356 g/mol. The Labute approximate surface area is 150 Å². The summed E-state index contributed by atoms with van der Waals surface area (Å²) in [6.07, 6.45) is 10.8. The van der Waals surface area contributed by atoms with E-state index in [0.29, 0.717) is 25.7 Å². The van der Waals surface area contributed by atoms with Gasteiger partial charge in [0.05, 0.1) is 12.2 Å². The van der Waals surface area contributed by atoms with Gasteiger partial charge in [-0.2, -0.15) is 0 Å². The number of alkyl halides is 1. The maximum absolute atomic E-state index is 14.2. The van der Waals surface area contributed by atoms with Gasteiger partial charge in [-0.25, -0.2) is 4.39 Å². The van der Waals surface area contributed by atoms with Gasteiger partial charge in [0.1, 0.15) is 6.17 Å². The topological polar surface area (TPSA) is 77.8 Å². The van der Waals surface area contributed by atoms with Crippen LogP contribution in [-0.2, 0) is 4.79 Å². The van der Waals surface area contributed by atoms with Crippen LogP contribution in [0.2, 0.25) is 0 Å². The summed E-state index contributed by atoms with van der Waals surface area (Å²) in [7, 11) is 0. The molecule has 0 unspecified atom stereocenters. The largest absolute Gasteiger partial charge is 0.481 e. The molecule has 0 radical (unpaired) electrons. The summed E-state index contributed by atoms with van der Waals surface area (Å²) in [5, 5.41) is 28.6. The molecule has 1 rings (SSSR count). The lowest BCUT2D eigenvalue weighted by atomic mass is 9.90. The minimum absolute atomic E-state index is 0.137. The van der Waals surface area contributed by atoms with Crippen molar-refractivity contribution in [3.05, 3.63) is 24.3 Å². The van der Waals surface area contributed by atoms with E-state index in [0.717, 1.165) is 19.3 Å². The summed E-state index contributed by atoms with van der Waals surface area (Å²) >= 11 is 0. The van der Waals surface area contributed by atoms with Gasteiger partial charge in [-0.05, 0) is 31.6 Å². The van der Waals surface area contributed by atoms with Crippen molar-refractivity contribution in [2.75, 3.05) is 0 Å². The molecular formula is C20H33FO4. The number of carboxylic acids is 1. The maximum atomic E-state index is 14.2. The predicted molar refractivity (Wildman–Crippen MR) is 97.0 cm³/mol. The molecule has 1 fully saturated rings. The standard InChI is InChI=1S/C20H33FO4/c1-2-3-6-9-15(22)12-13-16-17(19(23)14-18(16)21)10-7-4-5-8-11-20(24)25/h4,7,12-13,15-19,22-23H,2-3,5-6,8-11,14H2,1H3,(H,24,25)/b7-4-,13-12+/t15-,16+,17+,18+,19-/m0/s1. The fourth-order valence-corrected chi connectivity index (χ4v) is 3.36. The SMILES string of the molecule is CCCCC[C@H](O)/C=C/[C@@H]1[C@@H](C/C=C\CCCC(=O)O)[C@@H](O)C[C@H]1F. The molecule has 0 amide bonds. The summed E-state index contributed by atoms with van der Waals surface area (Å²) in [5.74, 6) is -1.37. The molecule has 4 nitrogen and oxygen atoms in total. The van der Waals surface area contributed by atoms with E-state index in [9.17, 15) is 19.4 Å². The molecule has 1 saturated carbocycles. The highest BCUT2D eigenvalue weighted by Gasteiger charge is 2.40. The second kappa shape index (κ2) is 12.2. The zero-order valence-corrected chi connectivity index (χ0v) is 15.2. The van der Waals surface area contributed by atoms with Crippen molar-refractivity contribution in [1.29, 1.82) is 0 Å². The highest BCUT2D eigenvalue weighted by atomic mass is 19.1. The second-order valence-electron chi connectivity index (χ2n) is 7.00. The first-order valence-electron chi connectivity index (χ1n) is 9.51. The van der Waals surface area contributed by atoms with Crippen molar-refractivity contribution >= 4 is 5.97 Å². The first-order chi connectivity index (χ1) is 12.0. The lowest BCUT2D eigenvalue weighted by molar-refractivity contribution is -0.137. The van der Waals surface area contributed by atoms with E-state index in [1.807, 2.05) is 12.2 Å². The third-order valence-corrected chi connectivity index (χ3v) is 4.87. The Balaban J connectivity index is 2.46. The number of aliphatic carboxylic acids is 1. The lowest BCUT2D eigenvalue weighted by Gasteiger charge is -2.19. The predicted octanol–water partition coefficient (Wildman–Crippen LogP) is 4.02. The molecular weight excluding hydrogens is 323 g/mol. The number of allylic oxidation sites excluding steroid dienone is 3. The quantitative estimate of drug-likeness (QED) is 0.364. The molecule has 1 aliphatic carbocycles. The molecule has 0 heterocycles. The molecule has 0 bridgehead atoms. The Morgan fingerprint density at radius 2 is 2.04 bits per heavy atom. The molecule has 25 heavy (non-hydrogen) atoms. The number of aliphatic hydroxyl groups excluding tert-OH is 2. The Morgan fingerprint density at radius 1 is 1.28 bits per heavy atom. The average Bonchev–Trinajstić information content (AvgIpc) is 2.82. The van der Waals surface area contributed by atoms with E-state index < -0.39 is 24.3 Å². The fraction of sp³-hybridized carbons (Fsp3) is 0.750. The molecule has 144 valence electrons. The number of carbonyl (C=O) groups is 1. The van der Waals surface area contributed by atoms with Crippen LogP contribution in [0.25, 0.3) is 0 Å². The van der Waals surface area contributed by atoms with Gasteiger partial charge in [0.25, 0.3) is 0 Å². The second-order valence-corrected chi connectivity index (χ2v) is 7.00. The summed E-state index contributed by atoms with van der Waals surface area (Å²) in [4.78, 5) is 10.4. The monoisotopic (exact) mass is 356 g/mol. The van der Waals surface area contributed by atoms with E-state index in [-0.39, 0.29) is 24.7 Å². The zero-order chi connectivity index (χ0) is 18.7. The highest BCUT2D eigenvalue weighted by Crippen LogP contribution is 2.38. The molecule has 0 aliphatic heterocycles. The van der Waals surface area contributed by atoms with Crippen LogP contribution < -0.4 is 0 Å². The summed E-state index contributed by atoms with van der Waals surface area (Å²) < 4.78 is 14.2. The van der Waals surface area contributed by atoms with Gasteiger partial charge in [-0.3, -0.25) is 4.79 Å². The van der Waals surface area contributed by atoms with Crippen molar-refractivity contribution in [2.24, 2.45) is 11.8 Å². The first kappa shape index (κ1) is 21.8. The van der Waals surface area contributed by atoms with Gasteiger partial charge in [-0.1, -0.05) is 50.5 Å². The molecule has 1 aliphatic rings. The normalized spacial score (nSPS) is 28.2. The summed E-state index contributed by atoms with van der Waals surface area (Å²) in [6.45, 7) is 2.11. The van der Waals surface area contributed by atoms with Gasteiger partial charge in [0.15, 0.2) is 0 Å². The summed E-state index contributed by atoms with van der Waals surface area (Å²) in [6, 6.07) is 0. The van der Waals surface area contributed by atoms with Gasteiger partial charge < -0.3 is 15.3 Å². The van der Waals surface area contributed by atoms with Gasteiger partial charge in [0, 0.05) is 18.8 Å². The Bertz CT molecular complexity index is 435. The molecule has 0 aromatic carbocycles. The Kier molecular flexibility index (Phi) is 10.7. The van der Waals surface area contributed by atoms with Crippen molar-refractivity contribution in [1.82, 2.24) is 0 Å². The third kappa shape index (κ3) is 8.63. The van der Waals surface area contributed by atoms with Gasteiger partial charge in [-0.15, -0.1) is 0 Å². The van der Waals surface area contributed by atoms with E-state index in [4.69, 9.17) is 5.11 Å². The molecule has 0 spiro atoms. The highest BCUT2D eigenvalue weighted by molar-refractivity contribution is 5.66. The molecule has 0 aromatic heterocycles. The van der Waals surface area contributed by atoms with E-state index >= 15 is 0 Å². The smallest absolute Gasteiger partial charge is 0.303 e. The van der Waals surface area contributed by atoms with Crippen molar-refractivity contribution in [3.8, 4) is 0 Å². The first-order valence-corrected chi connectivity index (χ1v) is 9.51. The maximum Gasteiger partial charge on any atom is 0.303 e. The Hall–Kier alpha value is -1.20. The van der Waals surface area contributed by atoms with Crippen LogP contribution in [-0.4, -0.2) is 39.7 Å². The van der Waals surface area contributed by atoms with Crippen LogP contribution in [0.4, 0.5) is 4.39 Å². The Morgan fingerprint density at radius 3 is 2.72 bits per heavy atom. The van der Waals surface area contributed by atoms with E-state index in [1.165, 1.54) is 0 Å². The van der Waals surface area contributed by atoms with Gasteiger partial charge in [0.2, 0.25) is 0 Å². The minimum atomic E-state index is -1.08. The van der Waals surface area contributed by atoms with Crippen LogP contribution in [0, 0.1) is 11.8 Å². The van der Waals surface area contributed by atoms with E-state index in [2.05, 4.69) is 6.92 Å². The molecule has 5 atom stereocenters.